The van der Waals surface area contributed by atoms with Crippen molar-refractivity contribution >= 4 is 29.3 Å². The van der Waals surface area contributed by atoms with Gasteiger partial charge in [0.05, 0.1) is 23.9 Å². The number of hydrogen-bond donors (Lipinski definition) is 1. The topological polar surface area (TPSA) is 96.2 Å². The highest BCUT2D eigenvalue weighted by Gasteiger charge is 2.45. The second-order valence-corrected chi connectivity index (χ2v) is 8.36. The number of thioether (sulfide) groups is 1. The quantitative estimate of drug-likeness (QED) is 0.364. The Hall–Kier alpha value is -3.46. The van der Waals surface area contributed by atoms with E-state index in [9.17, 15) is 14.4 Å². The van der Waals surface area contributed by atoms with Gasteiger partial charge in [-0.2, -0.15) is 0 Å². The molecule has 2 aromatic carbocycles. The number of carbonyl (C=O) groups excluding carboxylic acids is 2. The Morgan fingerprint density at radius 1 is 1.16 bits per heavy atom. The average Bonchev–Trinajstić information content (AvgIpc) is 2.82. The van der Waals surface area contributed by atoms with Crippen molar-refractivity contribution in [2.75, 3.05) is 17.8 Å². The largest absolute Gasteiger partial charge is 0.465 e. The van der Waals surface area contributed by atoms with E-state index in [0.29, 0.717) is 33.2 Å². The maximum atomic E-state index is 13.2. The predicted octanol–water partition coefficient (Wildman–Crippen LogP) is 2.93. The van der Waals surface area contributed by atoms with Gasteiger partial charge in [-0.15, -0.1) is 0 Å². The molecule has 1 atom stereocenters. The van der Waals surface area contributed by atoms with Crippen LogP contribution in [0.25, 0.3) is 11.3 Å². The van der Waals surface area contributed by atoms with E-state index < -0.39 is 12.1 Å². The summed E-state index contributed by atoms with van der Waals surface area (Å²) in [6.07, 6.45) is -0.404. The zero-order chi connectivity index (χ0) is 22.8. The first-order valence-corrected chi connectivity index (χ1v) is 11.3. The molecule has 0 unspecified atom stereocenters. The maximum absolute atomic E-state index is 13.2. The zero-order valence-corrected chi connectivity index (χ0v) is 18.8. The number of esters is 1. The van der Waals surface area contributed by atoms with Gasteiger partial charge in [0, 0.05) is 17.1 Å². The Morgan fingerprint density at radius 2 is 1.88 bits per heavy atom. The van der Waals surface area contributed by atoms with Crippen LogP contribution in [-0.4, -0.2) is 34.8 Å². The van der Waals surface area contributed by atoms with Crippen molar-refractivity contribution in [1.82, 2.24) is 10.1 Å². The number of amides is 1. The van der Waals surface area contributed by atoms with Crippen LogP contribution in [0.1, 0.15) is 42.4 Å². The summed E-state index contributed by atoms with van der Waals surface area (Å²) in [5.74, 6) is 0.176. The first-order valence-electron chi connectivity index (χ1n) is 10.3. The summed E-state index contributed by atoms with van der Waals surface area (Å²) in [4.78, 5) is 42.7. The van der Waals surface area contributed by atoms with Gasteiger partial charge in [0.1, 0.15) is 0 Å². The van der Waals surface area contributed by atoms with Crippen molar-refractivity contribution in [2.45, 2.75) is 31.6 Å². The summed E-state index contributed by atoms with van der Waals surface area (Å²) in [5, 5.41) is 5.17. The van der Waals surface area contributed by atoms with Gasteiger partial charge in [-0.3, -0.25) is 14.6 Å². The zero-order valence-electron chi connectivity index (χ0n) is 18.0. The Kier molecular flexibility index (Phi) is 6.09. The number of aromatic amines is 1. The molecule has 32 heavy (non-hydrogen) atoms. The van der Waals surface area contributed by atoms with Gasteiger partial charge in [0.15, 0.2) is 0 Å². The number of nitrogens with zero attached hydrogens (tertiary/aromatic N) is 3. The molecular formula is C23H23N4O4S+. The molecule has 1 aliphatic rings. The van der Waals surface area contributed by atoms with Crippen molar-refractivity contribution in [3.8, 4) is 11.3 Å². The van der Waals surface area contributed by atoms with E-state index in [1.807, 2.05) is 31.2 Å². The number of ether oxygens (including phenoxy) is 1. The lowest BCUT2D eigenvalue weighted by molar-refractivity contribution is -0.763. The molecule has 2 heterocycles. The van der Waals surface area contributed by atoms with E-state index in [2.05, 4.69) is 4.98 Å². The van der Waals surface area contributed by atoms with E-state index >= 15 is 0 Å². The Labute approximate surface area is 189 Å². The molecule has 0 bridgehead atoms. The van der Waals surface area contributed by atoms with Gasteiger partial charge >= 0.3 is 17.2 Å². The third kappa shape index (κ3) is 3.69. The number of aromatic nitrogens is 3. The fraction of sp³-hybridized carbons (Fsp3) is 0.261. The summed E-state index contributed by atoms with van der Waals surface area (Å²) in [5.41, 5.74) is 2.49. The molecule has 3 aromatic rings. The Bertz CT molecular complexity index is 1240. The summed E-state index contributed by atoms with van der Waals surface area (Å²) in [6.45, 7) is 3.77. The number of hydrogen-bond acceptors (Lipinski definition) is 6. The number of anilines is 1. The first-order chi connectivity index (χ1) is 15.5. The number of para-hydroxylation sites is 1. The number of methoxy groups -OCH3 is 1. The lowest BCUT2D eigenvalue weighted by atomic mass is 10.0. The van der Waals surface area contributed by atoms with E-state index in [1.54, 1.807) is 40.8 Å². The first kappa shape index (κ1) is 21.8. The molecule has 9 heteroatoms. The SMILES string of the molecule is CCSc1n[n+]2c(c(=O)[nH]1)-c1ccccc1N(C(=O)CC)[C@H]2c1ccc(C(=O)OC)cc1. The number of nitrogens with one attached hydrogen (secondary N) is 1. The van der Waals surface area contributed by atoms with E-state index in [-0.39, 0.29) is 17.9 Å². The van der Waals surface area contributed by atoms with Crippen LogP contribution in [0.3, 0.4) is 0 Å². The third-order valence-corrected chi connectivity index (χ3v) is 5.99. The van der Waals surface area contributed by atoms with Gasteiger partial charge in [0.25, 0.3) is 6.17 Å². The van der Waals surface area contributed by atoms with Crippen LogP contribution < -0.4 is 15.1 Å². The van der Waals surface area contributed by atoms with Gasteiger partial charge < -0.3 is 4.74 Å². The molecule has 0 aliphatic carbocycles. The molecule has 1 aromatic heterocycles. The summed E-state index contributed by atoms with van der Waals surface area (Å²) in [7, 11) is 1.32. The van der Waals surface area contributed by atoms with Gasteiger partial charge in [-0.05, 0) is 46.8 Å². The lowest BCUT2D eigenvalue weighted by Gasteiger charge is -2.32. The molecule has 0 saturated heterocycles. The summed E-state index contributed by atoms with van der Waals surface area (Å²) < 4.78 is 6.40. The minimum atomic E-state index is -0.683. The summed E-state index contributed by atoms with van der Waals surface area (Å²) >= 11 is 1.41. The molecule has 1 N–H and O–H groups in total. The second kappa shape index (κ2) is 8.96. The fourth-order valence-corrected chi connectivity index (χ4v) is 4.41. The molecule has 8 nitrogen and oxygen atoms in total. The van der Waals surface area contributed by atoms with Crippen molar-refractivity contribution in [2.24, 2.45) is 0 Å². The van der Waals surface area contributed by atoms with Crippen LogP contribution in [0.4, 0.5) is 5.69 Å². The molecule has 4 rings (SSSR count). The average molecular weight is 452 g/mol. The number of fused-ring (bicyclic) bond motifs is 3. The lowest BCUT2D eigenvalue weighted by Crippen LogP contribution is -2.60. The fourth-order valence-electron chi connectivity index (χ4n) is 3.82. The molecule has 164 valence electrons. The van der Waals surface area contributed by atoms with Crippen molar-refractivity contribution in [3.63, 3.8) is 0 Å². The van der Waals surface area contributed by atoms with E-state index in [0.717, 1.165) is 5.75 Å². The highest BCUT2D eigenvalue weighted by Crippen LogP contribution is 2.37. The standard InChI is InChI=1S/C23H22N4O4S/c1-4-18(28)26-17-9-7-6-8-16(17)19-20(29)24-23(32-5-2)25-27(19)21(26)14-10-12-15(13-11-14)22(30)31-3/h6-13,21H,4-5H2,1-3H3/p+1/t21-/m1/s1. The second-order valence-electron chi connectivity index (χ2n) is 7.11. The van der Waals surface area contributed by atoms with Gasteiger partial charge in [-0.1, -0.05) is 37.7 Å². The number of H-pyrrole nitrogens is 1. The highest BCUT2D eigenvalue weighted by atomic mass is 32.2. The van der Waals surface area contributed by atoms with Crippen LogP contribution in [0.5, 0.6) is 0 Å². The van der Waals surface area contributed by atoms with Crippen LogP contribution in [-0.2, 0) is 9.53 Å². The third-order valence-electron chi connectivity index (χ3n) is 5.24. The highest BCUT2D eigenvalue weighted by molar-refractivity contribution is 7.99. The van der Waals surface area contributed by atoms with Gasteiger partial charge in [0.2, 0.25) is 11.1 Å². The minimum Gasteiger partial charge on any atom is -0.465 e. The molecule has 0 radical (unpaired) electrons. The predicted molar refractivity (Wildman–Crippen MR) is 121 cm³/mol. The number of benzene rings is 2. The normalized spacial score (nSPS) is 14.5. The van der Waals surface area contributed by atoms with E-state index in [1.165, 1.54) is 18.9 Å². The van der Waals surface area contributed by atoms with E-state index in [4.69, 9.17) is 9.84 Å². The molecule has 0 spiro atoms. The maximum Gasteiger partial charge on any atom is 0.337 e. The van der Waals surface area contributed by atoms with Crippen LogP contribution in [0.2, 0.25) is 0 Å². The Morgan fingerprint density at radius 3 is 2.53 bits per heavy atom. The smallest absolute Gasteiger partial charge is 0.337 e. The molecule has 1 aliphatic heterocycles. The van der Waals surface area contributed by atoms with Gasteiger partial charge in [-0.25, -0.2) is 9.69 Å². The molecule has 1 amide bonds. The number of rotatable bonds is 5. The van der Waals surface area contributed by atoms with Crippen molar-refractivity contribution < 1.29 is 19.0 Å². The van der Waals surface area contributed by atoms with Crippen molar-refractivity contribution in [1.29, 1.82) is 0 Å². The van der Waals surface area contributed by atoms with Crippen LogP contribution in [0, 0.1) is 0 Å². The summed E-state index contributed by atoms with van der Waals surface area (Å²) in [6, 6.07) is 14.1. The van der Waals surface area contributed by atoms with Crippen molar-refractivity contribution in [3.05, 3.63) is 70.0 Å². The number of carbonyl (C=O) groups is 2. The monoisotopic (exact) mass is 451 g/mol. The Balaban J connectivity index is 1.99. The molecule has 0 fully saturated rings. The van der Waals surface area contributed by atoms with Crippen LogP contribution in [0.15, 0.2) is 58.5 Å². The minimum absolute atomic E-state index is 0.107. The van der Waals surface area contributed by atoms with Crippen LogP contribution >= 0.6 is 11.8 Å². The molecular weight excluding hydrogens is 428 g/mol. The molecule has 0 saturated carbocycles.